The van der Waals surface area contributed by atoms with Gasteiger partial charge < -0.3 is 15.8 Å². The number of halogens is 1. The summed E-state index contributed by atoms with van der Waals surface area (Å²) in [4.78, 5) is 0. The lowest BCUT2D eigenvalue weighted by molar-refractivity contribution is 0.398. The maximum Gasteiger partial charge on any atom is 0.123 e. The lowest BCUT2D eigenvalue weighted by Crippen LogP contribution is -2.18. The van der Waals surface area contributed by atoms with Crippen LogP contribution in [0.2, 0.25) is 5.02 Å². The zero-order valence-corrected chi connectivity index (χ0v) is 10.6. The van der Waals surface area contributed by atoms with E-state index in [1.54, 1.807) is 7.11 Å². The number of hydrogen-bond donors (Lipinski definition) is 2. The molecule has 0 saturated heterocycles. The number of nitrogens with one attached hydrogen (secondary N) is 1. The average Bonchev–Trinajstić information content (AvgIpc) is 2.30. The van der Waals surface area contributed by atoms with Crippen molar-refractivity contribution in [3.8, 4) is 5.75 Å². The zero-order valence-electron chi connectivity index (χ0n) is 9.79. The van der Waals surface area contributed by atoms with Crippen molar-refractivity contribution in [3.63, 3.8) is 0 Å². The Labute approximate surface area is 102 Å². The lowest BCUT2D eigenvalue weighted by Gasteiger charge is -2.19. The third-order valence-electron chi connectivity index (χ3n) is 2.61. The second-order valence-corrected chi connectivity index (χ2v) is 4.09. The van der Waals surface area contributed by atoms with Crippen molar-refractivity contribution in [2.24, 2.45) is 5.73 Å². The normalized spacial score (nSPS) is 12.5. The number of benzene rings is 1. The van der Waals surface area contributed by atoms with E-state index in [4.69, 9.17) is 22.1 Å². The van der Waals surface area contributed by atoms with Crippen molar-refractivity contribution in [1.29, 1.82) is 0 Å². The van der Waals surface area contributed by atoms with Crippen molar-refractivity contribution < 1.29 is 4.74 Å². The third kappa shape index (κ3) is 3.37. The zero-order chi connectivity index (χ0) is 12.0. The number of methoxy groups -OCH3 is 1. The number of nitrogens with two attached hydrogens (primary N) is 1. The van der Waals surface area contributed by atoms with Gasteiger partial charge in [0, 0.05) is 16.6 Å². The maximum absolute atomic E-state index is 6.00. The number of ether oxygens (including phenoxy) is 1. The summed E-state index contributed by atoms with van der Waals surface area (Å²) in [5.41, 5.74) is 6.61. The molecule has 0 aliphatic heterocycles. The van der Waals surface area contributed by atoms with Gasteiger partial charge >= 0.3 is 0 Å². The summed E-state index contributed by atoms with van der Waals surface area (Å²) in [7, 11) is 3.60. The van der Waals surface area contributed by atoms with Crippen LogP contribution in [0.4, 0.5) is 0 Å². The van der Waals surface area contributed by atoms with Gasteiger partial charge in [0.1, 0.15) is 5.75 Å². The standard InChI is InChI=1S/C12H19ClN2O/c1-15-11(4-3-7-14)10-8-9(13)5-6-12(10)16-2/h5-6,8,11,15H,3-4,7,14H2,1-2H3. The topological polar surface area (TPSA) is 47.3 Å². The van der Waals surface area contributed by atoms with Crippen molar-refractivity contribution >= 4 is 11.6 Å². The van der Waals surface area contributed by atoms with Crippen LogP contribution in [0.25, 0.3) is 0 Å². The molecule has 0 fully saturated rings. The SMILES string of the molecule is CNC(CCCN)c1cc(Cl)ccc1OC. The molecule has 1 aromatic rings. The molecule has 1 unspecified atom stereocenters. The maximum atomic E-state index is 6.00. The van der Waals surface area contributed by atoms with Crippen LogP contribution in [0.5, 0.6) is 5.75 Å². The van der Waals surface area contributed by atoms with Gasteiger partial charge in [0.25, 0.3) is 0 Å². The molecule has 1 rings (SSSR count). The number of rotatable bonds is 6. The van der Waals surface area contributed by atoms with Crippen LogP contribution in [0, 0.1) is 0 Å². The molecule has 0 amide bonds. The van der Waals surface area contributed by atoms with Crippen LogP contribution in [0.3, 0.4) is 0 Å². The summed E-state index contributed by atoms with van der Waals surface area (Å²) in [5.74, 6) is 0.862. The van der Waals surface area contributed by atoms with Crippen LogP contribution in [0.1, 0.15) is 24.4 Å². The van der Waals surface area contributed by atoms with Gasteiger partial charge in [-0.15, -0.1) is 0 Å². The van der Waals surface area contributed by atoms with Gasteiger partial charge in [-0.2, -0.15) is 0 Å². The van der Waals surface area contributed by atoms with Crippen LogP contribution < -0.4 is 15.8 Å². The summed E-state index contributed by atoms with van der Waals surface area (Å²) < 4.78 is 5.33. The van der Waals surface area contributed by atoms with E-state index in [9.17, 15) is 0 Å². The largest absolute Gasteiger partial charge is 0.496 e. The smallest absolute Gasteiger partial charge is 0.123 e. The van der Waals surface area contributed by atoms with E-state index < -0.39 is 0 Å². The van der Waals surface area contributed by atoms with E-state index in [1.807, 2.05) is 25.2 Å². The Balaban J connectivity index is 2.92. The van der Waals surface area contributed by atoms with Gasteiger partial charge in [0.15, 0.2) is 0 Å². The number of hydrogen-bond acceptors (Lipinski definition) is 3. The molecular formula is C12H19ClN2O. The second-order valence-electron chi connectivity index (χ2n) is 3.66. The molecule has 0 bridgehead atoms. The Bertz CT molecular complexity index is 331. The predicted molar refractivity (Wildman–Crippen MR) is 68.1 cm³/mol. The molecule has 0 radical (unpaired) electrons. The van der Waals surface area contributed by atoms with Gasteiger partial charge in [0.2, 0.25) is 0 Å². The molecule has 0 aliphatic carbocycles. The fourth-order valence-corrected chi connectivity index (χ4v) is 1.94. The molecule has 4 heteroatoms. The van der Waals surface area contributed by atoms with Crippen LogP contribution >= 0.6 is 11.6 Å². The van der Waals surface area contributed by atoms with E-state index in [2.05, 4.69) is 5.32 Å². The molecule has 0 aromatic heterocycles. The fourth-order valence-electron chi connectivity index (χ4n) is 1.75. The van der Waals surface area contributed by atoms with Crippen LogP contribution in [-0.2, 0) is 0 Å². The first-order chi connectivity index (χ1) is 7.72. The molecule has 16 heavy (non-hydrogen) atoms. The molecule has 1 aromatic carbocycles. The molecule has 1 atom stereocenters. The summed E-state index contributed by atoms with van der Waals surface area (Å²) in [6.45, 7) is 0.695. The van der Waals surface area contributed by atoms with Gasteiger partial charge in [0.05, 0.1) is 7.11 Å². The first-order valence-electron chi connectivity index (χ1n) is 5.43. The summed E-state index contributed by atoms with van der Waals surface area (Å²) >= 11 is 6.00. The Morgan fingerprint density at radius 3 is 2.81 bits per heavy atom. The summed E-state index contributed by atoms with van der Waals surface area (Å²) in [6.07, 6.45) is 1.95. The van der Waals surface area contributed by atoms with Crippen LogP contribution in [0.15, 0.2) is 18.2 Å². The van der Waals surface area contributed by atoms with E-state index >= 15 is 0 Å². The van der Waals surface area contributed by atoms with Gasteiger partial charge in [-0.1, -0.05) is 11.6 Å². The predicted octanol–water partition coefficient (Wildman–Crippen LogP) is 2.35. The molecule has 3 N–H and O–H groups in total. The van der Waals surface area contributed by atoms with E-state index in [1.165, 1.54) is 0 Å². The van der Waals surface area contributed by atoms with E-state index in [-0.39, 0.29) is 6.04 Å². The van der Waals surface area contributed by atoms with Crippen molar-refractivity contribution in [2.45, 2.75) is 18.9 Å². The Morgan fingerprint density at radius 1 is 1.50 bits per heavy atom. The third-order valence-corrected chi connectivity index (χ3v) is 2.85. The molecule has 0 heterocycles. The quantitative estimate of drug-likeness (QED) is 0.805. The summed E-state index contributed by atoms with van der Waals surface area (Å²) in [6, 6.07) is 5.90. The fraction of sp³-hybridized carbons (Fsp3) is 0.500. The van der Waals surface area contributed by atoms with Gasteiger partial charge in [-0.25, -0.2) is 0 Å². The Hall–Kier alpha value is -0.770. The molecule has 0 aliphatic rings. The van der Waals surface area contributed by atoms with E-state index in [0.717, 1.165) is 29.2 Å². The highest BCUT2D eigenvalue weighted by Gasteiger charge is 2.14. The second kappa shape index (κ2) is 6.74. The lowest BCUT2D eigenvalue weighted by atomic mass is 10.0. The highest BCUT2D eigenvalue weighted by Crippen LogP contribution is 2.30. The van der Waals surface area contributed by atoms with Crippen LogP contribution in [-0.4, -0.2) is 20.7 Å². The molecule has 3 nitrogen and oxygen atoms in total. The molecule has 0 saturated carbocycles. The molecule has 0 spiro atoms. The average molecular weight is 243 g/mol. The highest BCUT2D eigenvalue weighted by atomic mass is 35.5. The Morgan fingerprint density at radius 2 is 2.25 bits per heavy atom. The highest BCUT2D eigenvalue weighted by molar-refractivity contribution is 6.30. The molecular weight excluding hydrogens is 224 g/mol. The Kier molecular flexibility index (Phi) is 5.60. The summed E-state index contributed by atoms with van der Waals surface area (Å²) in [5, 5.41) is 3.99. The first kappa shape index (κ1) is 13.3. The molecule has 90 valence electrons. The van der Waals surface area contributed by atoms with Crippen molar-refractivity contribution in [2.75, 3.05) is 20.7 Å². The monoisotopic (exact) mass is 242 g/mol. The van der Waals surface area contributed by atoms with Gasteiger partial charge in [-0.05, 0) is 44.6 Å². The van der Waals surface area contributed by atoms with Gasteiger partial charge in [-0.3, -0.25) is 0 Å². The minimum absolute atomic E-state index is 0.234. The van der Waals surface area contributed by atoms with E-state index in [0.29, 0.717) is 6.54 Å². The van der Waals surface area contributed by atoms with Crippen molar-refractivity contribution in [3.05, 3.63) is 28.8 Å². The minimum atomic E-state index is 0.234. The first-order valence-corrected chi connectivity index (χ1v) is 5.81. The minimum Gasteiger partial charge on any atom is -0.496 e. The van der Waals surface area contributed by atoms with Crippen molar-refractivity contribution in [1.82, 2.24) is 5.32 Å².